The third kappa shape index (κ3) is 6.80. The van der Waals surface area contributed by atoms with Crippen molar-refractivity contribution in [3.63, 3.8) is 0 Å². The number of hydrazine groups is 1. The maximum atomic E-state index is 12.0. The normalized spacial score (nSPS) is 10.1. The second-order valence-electron chi connectivity index (χ2n) is 6.33. The van der Waals surface area contributed by atoms with Crippen molar-refractivity contribution in [1.29, 1.82) is 0 Å². The van der Waals surface area contributed by atoms with Crippen molar-refractivity contribution in [2.75, 3.05) is 20.3 Å². The van der Waals surface area contributed by atoms with E-state index in [1.165, 1.54) is 14.0 Å². The highest BCUT2D eigenvalue weighted by Crippen LogP contribution is 2.28. The van der Waals surface area contributed by atoms with Gasteiger partial charge in [0.1, 0.15) is 5.75 Å². The summed E-state index contributed by atoms with van der Waals surface area (Å²) in [7, 11) is 1.49. The maximum absolute atomic E-state index is 12.0. The van der Waals surface area contributed by atoms with E-state index in [2.05, 4.69) is 10.9 Å². The molecular formula is C22H26N2O6. The molecule has 0 radical (unpaired) electrons. The summed E-state index contributed by atoms with van der Waals surface area (Å²) in [4.78, 5) is 35.4. The Balaban J connectivity index is 1.72. The van der Waals surface area contributed by atoms with Crippen LogP contribution in [0, 0.1) is 0 Å². The number of methoxy groups -OCH3 is 1. The van der Waals surface area contributed by atoms with Gasteiger partial charge in [0.15, 0.2) is 17.3 Å². The summed E-state index contributed by atoms with van der Waals surface area (Å²) >= 11 is 0. The smallest absolute Gasteiger partial charge is 0.269 e. The SMILES string of the molecule is CCOc1ccc(C(=O)NNC(=O)CCCOc2ccc(C(C)=O)cc2OC)cc1. The molecule has 2 N–H and O–H groups in total. The summed E-state index contributed by atoms with van der Waals surface area (Å²) in [6.07, 6.45) is 0.597. The van der Waals surface area contributed by atoms with Crippen LogP contribution in [0.1, 0.15) is 47.4 Å². The number of carbonyl (C=O) groups excluding carboxylic acids is 3. The second kappa shape index (κ2) is 11.5. The van der Waals surface area contributed by atoms with Crippen LogP contribution in [-0.4, -0.2) is 37.9 Å². The molecule has 30 heavy (non-hydrogen) atoms. The van der Waals surface area contributed by atoms with Gasteiger partial charge >= 0.3 is 0 Å². The highest BCUT2D eigenvalue weighted by molar-refractivity contribution is 5.95. The molecule has 2 amide bonds. The van der Waals surface area contributed by atoms with Gasteiger partial charge in [0.05, 0.1) is 20.3 Å². The van der Waals surface area contributed by atoms with Crippen LogP contribution in [0.5, 0.6) is 17.2 Å². The number of benzene rings is 2. The topological polar surface area (TPSA) is 103 Å². The van der Waals surface area contributed by atoms with Gasteiger partial charge in [0.25, 0.3) is 5.91 Å². The molecular weight excluding hydrogens is 388 g/mol. The Labute approximate surface area is 175 Å². The molecule has 0 fully saturated rings. The maximum Gasteiger partial charge on any atom is 0.269 e. The summed E-state index contributed by atoms with van der Waals surface area (Å²) in [5, 5.41) is 0. The van der Waals surface area contributed by atoms with Gasteiger partial charge < -0.3 is 14.2 Å². The van der Waals surface area contributed by atoms with Gasteiger partial charge in [-0.05, 0) is 62.7 Å². The van der Waals surface area contributed by atoms with Gasteiger partial charge in [-0.15, -0.1) is 0 Å². The lowest BCUT2D eigenvalue weighted by molar-refractivity contribution is -0.122. The van der Waals surface area contributed by atoms with Crippen LogP contribution < -0.4 is 25.1 Å². The number of nitrogens with one attached hydrogen (secondary N) is 2. The Hall–Kier alpha value is -3.55. The molecule has 8 heteroatoms. The Morgan fingerprint density at radius 2 is 1.60 bits per heavy atom. The molecule has 2 aromatic carbocycles. The van der Waals surface area contributed by atoms with Gasteiger partial charge in [-0.25, -0.2) is 0 Å². The minimum atomic E-state index is -0.419. The van der Waals surface area contributed by atoms with E-state index in [4.69, 9.17) is 14.2 Å². The summed E-state index contributed by atoms with van der Waals surface area (Å²) in [6, 6.07) is 11.5. The van der Waals surface area contributed by atoms with Gasteiger partial charge in [0, 0.05) is 17.5 Å². The molecule has 0 spiro atoms. The van der Waals surface area contributed by atoms with Gasteiger partial charge in [0.2, 0.25) is 5.91 Å². The fraction of sp³-hybridized carbons (Fsp3) is 0.318. The van der Waals surface area contributed by atoms with Crippen molar-refractivity contribution in [3.05, 3.63) is 53.6 Å². The summed E-state index contributed by atoms with van der Waals surface area (Å²) in [5.74, 6) is 0.797. The van der Waals surface area contributed by atoms with Crippen molar-refractivity contribution < 1.29 is 28.6 Å². The molecule has 2 rings (SSSR count). The number of ketones is 1. The molecule has 0 heterocycles. The lowest BCUT2D eigenvalue weighted by atomic mass is 10.1. The summed E-state index contributed by atoms with van der Waals surface area (Å²) in [6.45, 7) is 4.17. The minimum Gasteiger partial charge on any atom is -0.494 e. The number of carbonyl (C=O) groups is 3. The molecule has 0 saturated heterocycles. The first-order chi connectivity index (χ1) is 14.4. The van der Waals surface area contributed by atoms with Crippen LogP contribution in [0.2, 0.25) is 0 Å². The van der Waals surface area contributed by atoms with E-state index in [0.29, 0.717) is 41.4 Å². The third-order valence-electron chi connectivity index (χ3n) is 4.12. The van der Waals surface area contributed by atoms with E-state index in [1.807, 2.05) is 6.92 Å². The lowest BCUT2D eigenvalue weighted by Gasteiger charge is -2.12. The van der Waals surface area contributed by atoms with Crippen LogP contribution in [0.3, 0.4) is 0 Å². The van der Waals surface area contributed by atoms with Crippen LogP contribution >= 0.6 is 0 Å². The first kappa shape index (κ1) is 22.7. The van der Waals surface area contributed by atoms with E-state index < -0.39 is 5.91 Å². The van der Waals surface area contributed by atoms with Crippen molar-refractivity contribution in [3.8, 4) is 17.2 Å². The van der Waals surface area contributed by atoms with E-state index in [1.54, 1.807) is 42.5 Å². The molecule has 0 saturated carbocycles. The zero-order valence-corrected chi connectivity index (χ0v) is 17.3. The van der Waals surface area contributed by atoms with Gasteiger partial charge in [-0.3, -0.25) is 25.2 Å². The number of amides is 2. The van der Waals surface area contributed by atoms with Crippen LogP contribution in [0.15, 0.2) is 42.5 Å². The number of hydrogen-bond donors (Lipinski definition) is 2. The predicted molar refractivity (Wildman–Crippen MR) is 111 cm³/mol. The Kier molecular flexibility index (Phi) is 8.68. The number of hydrogen-bond acceptors (Lipinski definition) is 6. The van der Waals surface area contributed by atoms with E-state index in [-0.39, 0.29) is 24.7 Å². The molecule has 2 aromatic rings. The van der Waals surface area contributed by atoms with Crippen LogP contribution in [-0.2, 0) is 4.79 Å². The standard InChI is InChI=1S/C22H26N2O6/c1-4-29-18-10-7-16(8-11-18)22(27)24-23-21(26)6-5-13-30-19-12-9-17(15(2)25)14-20(19)28-3/h7-12,14H,4-6,13H2,1-3H3,(H,23,26)(H,24,27). The molecule has 0 aliphatic carbocycles. The van der Waals surface area contributed by atoms with Crippen molar-refractivity contribution in [2.24, 2.45) is 0 Å². The average molecular weight is 414 g/mol. The fourth-order valence-corrected chi connectivity index (χ4v) is 2.55. The molecule has 0 atom stereocenters. The van der Waals surface area contributed by atoms with Gasteiger partial charge in [-0.1, -0.05) is 0 Å². The molecule has 0 bridgehead atoms. The lowest BCUT2D eigenvalue weighted by Crippen LogP contribution is -2.41. The Morgan fingerprint density at radius 3 is 2.23 bits per heavy atom. The highest BCUT2D eigenvalue weighted by Gasteiger charge is 2.10. The highest BCUT2D eigenvalue weighted by atomic mass is 16.5. The zero-order valence-electron chi connectivity index (χ0n) is 17.3. The predicted octanol–water partition coefficient (Wildman–Crippen LogP) is 2.92. The van der Waals surface area contributed by atoms with Gasteiger partial charge in [-0.2, -0.15) is 0 Å². The molecule has 160 valence electrons. The first-order valence-electron chi connectivity index (χ1n) is 9.58. The van der Waals surface area contributed by atoms with Crippen LogP contribution in [0.25, 0.3) is 0 Å². The zero-order chi connectivity index (χ0) is 21.9. The first-order valence-corrected chi connectivity index (χ1v) is 9.58. The number of rotatable bonds is 10. The number of Topliss-reactive ketones (excluding diaryl/α,β-unsaturated/α-hetero) is 1. The number of ether oxygens (including phenoxy) is 3. The Bertz CT molecular complexity index is 880. The average Bonchev–Trinajstić information content (AvgIpc) is 2.75. The largest absolute Gasteiger partial charge is 0.494 e. The Morgan fingerprint density at radius 1 is 0.900 bits per heavy atom. The molecule has 0 aliphatic rings. The summed E-state index contributed by atoms with van der Waals surface area (Å²) in [5.41, 5.74) is 5.68. The van der Waals surface area contributed by atoms with E-state index in [9.17, 15) is 14.4 Å². The quantitative estimate of drug-likeness (QED) is 0.352. The van der Waals surface area contributed by atoms with Crippen LogP contribution in [0.4, 0.5) is 0 Å². The second-order valence-corrected chi connectivity index (χ2v) is 6.33. The van der Waals surface area contributed by atoms with Crippen molar-refractivity contribution in [2.45, 2.75) is 26.7 Å². The van der Waals surface area contributed by atoms with E-state index in [0.717, 1.165) is 0 Å². The third-order valence-corrected chi connectivity index (χ3v) is 4.12. The molecule has 0 unspecified atom stereocenters. The molecule has 0 aromatic heterocycles. The molecule has 0 aliphatic heterocycles. The summed E-state index contributed by atoms with van der Waals surface area (Å²) < 4.78 is 16.2. The van der Waals surface area contributed by atoms with Crippen molar-refractivity contribution >= 4 is 17.6 Å². The molecule has 8 nitrogen and oxygen atoms in total. The van der Waals surface area contributed by atoms with Crippen molar-refractivity contribution in [1.82, 2.24) is 10.9 Å². The van der Waals surface area contributed by atoms with E-state index >= 15 is 0 Å². The monoisotopic (exact) mass is 414 g/mol. The fourth-order valence-electron chi connectivity index (χ4n) is 2.55. The minimum absolute atomic E-state index is 0.0659.